The summed E-state index contributed by atoms with van der Waals surface area (Å²) in [5.41, 5.74) is 0. The van der Waals surface area contributed by atoms with Gasteiger partial charge in [-0.2, -0.15) is 5.26 Å². The molecule has 1 heterocycles. The second-order valence-corrected chi connectivity index (χ2v) is 4.28. The van der Waals surface area contributed by atoms with E-state index in [1.54, 1.807) is 6.07 Å². The number of furan rings is 1. The molecule has 1 aliphatic carbocycles. The van der Waals surface area contributed by atoms with E-state index in [9.17, 15) is 5.11 Å². The van der Waals surface area contributed by atoms with E-state index < -0.39 is 0 Å². The lowest BCUT2D eigenvalue weighted by molar-refractivity contribution is 0.111. The first-order valence-corrected chi connectivity index (χ1v) is 5.68. The first-order valence-electron chi connectivity index (χ1n) is 5.68. The normalized spacial score (nSPS) is 25.2. The molecule has 2 atom stereocenters. The molecule has 4 nitrogen and oxygen atoms in total. The third-order valence-corrected chi connectivity index (χ3v) is 2.98. The quantitative estimate of drug-likeness (QED) is 0.810. The lowest BCUT2D eigenvalue weighted by Crippen LogP contribution is -2.35. The van der Waals surface area contributed by atoms with Crippen LogP contribution in [-0.2, 0) is 6.54 Å². The molecule has 1 aromatic heterocycles. The van der Waals surface area contributed by atoms with Gasteiger partial charge in [-0.25, -0.2) is 0 Å². The van der Waals surface area contributed by atoms with Crippen molar-refractivity contribution in [2.45, 2.75) is 44.4 Å². The monoisotopic (exact) mass is 220 g/mol. The minimum absolute atomic E-state index is 0.169. The largest absolute Gasteiger partial charge is 0.449 e. The first-order chi connectivity index (χ1) is 7.78. The minimum Gasteiger partial charge on any atom is -0.449 e. The Bertz CT molecular complexity index is 381. The summed E-state index contributed by atoms with van der Waals surface area (Å²) < 4.78 is 5.26. The zero-order valence-electron chi connectivity index (χ0n) is 9.15. The van der Waals surface area contributed by atoms with Crippen LogP contribution in [0.25, 0.3) is 0 Å². The molecule has 4 heteroatoms. The van der Waals surface area contributed by atoms with Crippen molar-refractivity contribution in [3.8, 4) is 6.07 Å². The maximum Gasteiger partial charge on any atom is 0.203 e. The molecule has 0 radical (unpaired) electrons. The van der Waals surface area contributed by atoms with Gasteiger partial charge in [-0.05, 0) is 37.8 Å². The van der Waals surface area contributed by atoms with Crippen LogP contribution in [0.2, 0.25) is 0 Å². The minimum atomic E-state index is -0.169. The fourth-order valence-electron chi connectivity index (χ4n) is 2.13. The number of aliphatic hydroxyl groups is 1. The van der Waals surface area contributed by atoms with E-state index in [2.05, 4.69) is 5.32 Å². The molecule has 2 rings (SSSR count). The van der Waals surface area contributed by atoms with Gasteiger partial charge in [0.15, 0.2) is 0 Å². The molecule has 1 saturated carbocycles. The molecule has 2 unspecified atom stereocenters. The smallest absolute Gasteiger partial charge is 0.203 e. The van der Waals surface area contributed by atoms with Gasteiger partial charge < -0.3 is 14.8 Å². The highest BCUT2D eigenvalue weighted by molar-refractivity contribution is 5.18. The van der Waals surface area contributed by atoms with E-state index in [-0.39, 0.29) is 6.10 Å². The Labute approximate surface area is 94.9 Å². The summed E-state index contributed by atoms with van der Waals surface area (Å²) >= 11 is 0. The fraction of sp³-hybridized carbons (Fsp3) is 0.583. The van der Waals surface area contributed by atoms with Gasteiger partial charge in [-0.15, -0.1) is 0 Å². The molecule has 16 heavy (non-hydrogen) atoms. The molecule has 0 amide bonds. The highest BCUT2D eigenvalue weighted by Gasteiger charge is 2.19. The standard InChI is InChI=1S/C12H16N2O2/c13-7-11-4-5-12(16-11)8-14-9-2-1-3-10(15)6-9/h4-5,9-10,14-15H,1-3,6,8H2. The lowest BCUT2D eigenvalue weighted by atomic mass is 9.93. The Morgan fingerprint density at radius 2 is 2.38 bits per heavy atom. The van der Waals surface area contributed by atoms with Gasteiger partial charge in [-0.3, -0.25) is 0 Å². The molecule has 86 valence electrons. The van der Waals surface area contributed by atoms with Gasteiger partial charge in [0.1, 0.15) is 11.8 Å². The van der Waals surface area contributed by atoms with Crippen LogP contribution in [0.5, 0.6) is 0 Å². The number of rotatable bonds is 3. The van der Waals surface area contributed by atoms with Crippen LogP contribution in [0, 0.1) is 11.3 Å². The van der Waals surface area contributed by atoms with Crippen molar-refractivity contribution in [1.29, 1.82) is 5.26 Å². The maximum atomic E-state index is 9.51. The molecule has 0 aliphatic heterocycles. The molecular formula is C12H16N2O2. The molecule has 2 N–H and O–H groups in total. The molecular weight excluding hydrogens is 204 g/mol. The molecule has 1 aromatic rings. The van der Waals surface area contributed by atoms with Crippen molar-refractivity contribution in [3.05, 3.63) is 23.7 Å². The zero-order chi connectivity index (χ0) is 11.4. The van der Waals surface area contributed by atoms with Gasteiger partial charge in [0.2, 0.25) is 5.76 Å². The van der Waals surface area contributed by atoms with Crippen molar-refractivity contribution in [3.63, 3.8) is 0 Å². The summed E-state index contributed by atoms with van der Waals surface area (Å²) in [5.74, 6) is 1.12. The van der Waals surface area contributed by atoms with Crippen molar-refractivity contribution in [2.24, 2.45) is 0 Å². The lowest BCUT2D eigenvalue weighted by Gasteiger charge is -2.26. The number of hydrogen-bond acceptors (Lipinski definition) is 4. The first kappa shape index (κ1) is 11.2. The predicted molar refractivity (Wildman–Crippen MR) is 58.5 cm³/mol. The predicted octanol–water partition coefficient (Wildman–Crippen LogP) is 1.54. The number of nitriles is 1. The summed E-state index contributed by atoms with van der Waals surface area (Å²) in [4.78, 5) is 0. The van der Waals surface area contributed by atoms with Crippen LogP contribution in [0.3, 0.4) is 0 Å². The van der Waals surface area contributed by atoms with E-state index in [0.717, 1.165) is 31.4 Å². The number of nitrogens with one attached hydrogen (secondary N) is 1. The summed E-state index contributed by atoms with van der Waals surface area (Å²) in [5, 5.41) is 21.5. The summed E-state index contributed by atoms with van der Waals surface area (Å²) in [6.07, 6.45) is 3.73. The van der Waals surface area contributed by atoms with E-state index in [4.69, 9.17) is 9.68 Å². The van der Waals surface area contributed by atoms with Crippen LogP contribution < -0.4 is 5.32 Å². The molecule has 0 aromatic carbocycles. The Kier molecular flexibility index (Phi) is 3.60. The van der Waals surface area contributed by atoms with Crippen LogP contribution >= 0.6 is 0 Å². The number of nitrogens with zero attached hydrogens (tertiary/aromatic N) is 1. The topological polar surface area (TPSA) is 69.2 Å². The van der Waals surface area contributed by atoms with E-state index in [0.29, 0.717) is 18.3 Å². The third kappa shape index (κ3) is 2.84. The summed E-state index contributed by atoms with van der Waals surface area (Å²) in [6, 6.07) is 5.80. The van der Waals surface area contributed by atoms with Crippen LogP contribution in [0.4, 0.5) is 0 Å². The van der Waals surface area contributed by atoms with Crippen LogP contribution in [0.15, 0.2) is 16.5 Å². The van der Waals surface area contributed by atoms with Gasteiger partial charge >= 0.3 is 0 Å². The Hall–Kier alpha value is -1.31. The third-order valence-electron chi connectivity index (χ3n) is 2.98. The van der Waals surface area contributed by atoms with E-state index in [1.807, 2.05) is 12.1 Å². The highest BCUT2D eigenvalue weighted by Crippen LogP contribution is 2.18. The Balaban J connectivity index is 1.80. The maximum absolute atomic E-state index is 9.51. The summed E-state index contributed by atoms with van der Waals surface area (Å²) in [7, 11) is 0. The molecule has 0 bridgehead atoms. The average Bonchev–Trinajstić information content (AvgIpc) is 2.74. The number of hydrogen-bond donors (Lipinski definition) is 2. The van der Waals surface area contributed by atoms with Crippen molar-refractivity contribution in [1.82, 2.24) is 5.32 Å². The van der Waals surface area contributed by atoms with Crippen LogP contribution in [-0.4, -0.2) is 17.3 Å². The number of aliphatic hydroxyl groups excluding tert-OH is 1. The van der Waals surface area contributed by atoms with Crippen LogP contribution in [0.1, 0.15) is 37.2 Å². The van der Waals surface area contributed by atoms with E-state index >= 15 is 0 Å². The van der Waals surface area contributed by atoms with Gasteiger partial charge in [0.05, 0.1) is 12.6 Å². The molecule has 0 saturated heterocycles. The Morgan fingerprint density at radius 3 is 3.06 bits per heavy atom. The average molecular weight is 220 g/mol. The second kappa shape index (κ2) is 5.15. The van der Waals surface area contributed by atoms with Gasteiger partial charge in [0.25, 0.3) is 0 Å². The van der Waals surface area contributed by atoms with Gasteiger partial charge in [-0.1, -0.05) is 0 Å². The summed E-state index contributed by atoms with van der Waals surface area (Å²) in [6.45, 7) is 0.624. The van der Waals surface area contributed by atoms with Gasteiger partial charge in [0, 0.05) is 6.04 Å². The van der Waals surface area contributed by atoms with Crippen molar-refractivity contribution >= 4 is 0 Å². The second-order valence-electron chi connectivity index (χ2n) is 4.28. The highest BCUT2D eigenvalue weighted by atomic mass is 16.3. The van der Waals surface area contributed by atoms with Crippen molar-refractivity contribution in [2.75, 3.05) is 0 Å². The van der Waals surface area contributed by atoms with E-state index in [1.165, 1.54) is 0 Å². The molecule has 0 spiro atoms. The fourth-order valence-corrected chi connectivity index (χ4v) is 2.13. The molecule has 1 aliphatic rings. The zero-order valence-corrected chi connectivity index (χ0v) is 9.15. The SMILES string of the molecule is N#Cc1ccc(CNC2CCCC(O)C2)o1. The molecule has 1 fully saturated rings. The Morgan fingerprint density at radius 1 is 1.50 bits per heavy atom. The van der Waals surface area contributed by atoms with Crippen molar-refractivity contribution < 1.29 is 9.52 Å².